The molecular formula is C103H102F8N12O14. The highest BCUT2D eigenvalue weighted by molar-refractivity contribution is 5.98. The largest absolute Gasteiger partial charge is 0.573 e. The lowest BCUT2D eigenvalue weighted by molar-refractivity contribution is -0.274. The maximum absolute atomic E-state index is 14.1. The SMILES string of the molecule is COc1ccc(C2(Cc3ncc(C(=O)CO)cn3)CCCCC2)cc1.Cc1ccc(F)c(C2(Cc3ncc(C(=O)CO)cn3)CC2)c1.Cc1ccccc1C1(Cc2ncc(C(=O)CO)cn2)CC1.O=C(CO)c1cnc(CC2(c3c(F)cccc3F)CC2)nc1.O=C(CO)c1cnc(CC2(c3ccc(F)cc3F)CC2)nc1.O=C(CO)c1cnc(CC2(c3cccc(OC(F)(F)F)c3)CC2)nc1. The molecule has 18 rings (SSSR count). The number of nitrogens with zero attached hydrogens (tertiary/aromatic N) is 12. The number of rotatable bonds is 32. The number of methoxy groups -OCH3 is 1. The Morgan fingerprint density at radius 3 is 1.01 bits per heavy atom. The van der Waals surface area contributed by atoms with Crippen LogP contribution in [0.1, 0.15) is 238 Å². The van der Waals surface area contributed by atoms with Gasteiger partial charge in [-0.1, -0.05) is 97.6 Å². The number of Topliss-reactive ketones (excluding diaryl/α,β-unsaturated/α-hetero) is 6. The molecule has 0 amide bonds. The van der Waals surface area contributed by atoms with Gasteiger partial charge in [-0.2, -0.15) is 0 Å². The number of benzene rings is 6. The first-order valence-corrected chi connectivity index (χ1v) is 44.7. The fourth-order valence-corrected chi connectivity index (χ4v) is 17.3. The standard InChI is InChI=1S/C20H24N2O3.C17H15F3N2O3.C17H17FN2O2.C17H18N2O2.2C16H14F2N2O2/c1-25-17-7-5-16(6-8-17)20(9-3-2-4-10-20)11-19-21-12-15(13-22-19)18(24)14-23;18-17(19,20)25-13-3-1-2-12(6-13)16(4-5-16)7-15-21-8-11(9-22-15)14(24)10-23;1-11-2-3-14(18)13(6-11)17(4-5-17)7-16-19-8-12(9-20-16)15(22)10-21;1-12-4-2-3-5-14(12)17(6-7-17)8-16-18-9-13(10-19-16)15(21)11-20;17-11-1-2-12(13(18)5-11)16(3-4-16)6-15-19-7-10(8-20-15)14(22)9-21;17-11-2-1-3-12(18)15(11)16(4-5-16)6-14-19-7-10(8-20-14)13(22)9-21/h5-8,12-13,23H,2-4,9-11,14H2,1H3;1-3,6,8-9,23H,4-5,7,10H2;2-3,6,8-9,21H,4-5,7,10H2,1H3;2-5,9-10,20H,6-8,11H2,1H3;1-2,5,7-8,21H,3-4,6,9H2;1-3,7-8,21H,4-6,9H2. The van der Waals surface area contributed by atoms with Crippen molar-refractivity contribution in [3.63, 3.8) is 0 Å². The van der Waals surface area contributed by atoms with Crippen molar-refractivity contribution in [1.82, 2.24) is 59.8 Å². The van der Waals surface area contributed by atoms with Gasteiger partial charge in [-0.05, 0) is 173 Å². The Bertz CT molecular complexity index is 6210. The second kappa shape index (κ2) is 44.6. The van der Waals surface area contributed by atoms with Gasteiger partial charge in [0.15, 0.2) is 34.7 Å². The van der Waals surface area contributed by atoms with E-state index in [0.717, 1.165) is 117 Å². The van der Waals surface area contributed by atoms with Crippen LogP contribution in [-0.2, 0) is 71.0 Å². The van der Waals surface area contributed by atoms with E-state index in [2.05, 4.69) is 108 Å². The van der Waals surface area contributed by atoms with Crippen molar-refractivity contribution in [3.05, 3.63) is 344 Å². The minimum Gasteiger partial charge on any atom is -0.497 e. The molecule has 137 heavy (non-hydrogen) atoms. The summed E-state index contributed by atoms with van der Waals surface area (Å²) in [6.45, 7) is 0.707. The predicted molar refractivity (Wildman–Crippen MR) is 483 cm³/mol. The summed E-state index contributed by atoms with van der Waals surface area (Å²) in [5.74, 6) is -0.805. The normalized spacial score (nSPS) is 15.8. The summed E-state index contributed by atoms with van der Waals surface area (Å²) in [6, 6.07) is 35.3. The molecular weight excluding hydrogens is 1780 g/mol. The Kier molecular flexibility index (Phi) is 32.9. The Labute approximate surface area is 784 Å². The molecule has 26 nitrogen and oxygen atoms in total. The molecule has 0 saturated heterocycles. The smallest absolute Gasteiger partial charge is 0.497 e. The highest BCUT2D eigenvalue weighted by Gasteiger charge is 2.51. The van der Waals surface area contributed by atoms with Gasteiger partial charge in [0.2, 0.25) is 0 Å². The van der Waals surface area contributed by atoms with Crippen LogP contribution in [0.5, 0.6) is 11.5 Å². The van der Waals surface area contributed by atoms with Gasteiger partial charge in [0.05, 0.1) is 40.5 Å². The molecule has 0 aliphatic heterocycles. The lowest BCUT2D eigenvalue weighted by Gasteiger charge is -2.37. The van der Waals surface area contributed by atoms with Gasteiger partial charge in [-0.15, -0.1) is 13.2 Å². The van der Waals surface area contributed by atoms with E-state index in [9.17, 15) is 63.9 Å². The van der Waals surface area contributed by atoms with Crippen LogP contribution >= 0.6 is 0 Å². The molecule has 0 unspecified atom stereocenters. The Balaban J connectivity index is 0.000000139. The molecule has 6 aromatic carbocycles. The van der Waals surface area contributed by atoms with Crippen molar-refractivity contribution in [2.24, 2.45) is 0 Å². The van der Waals surface area contributed by atoms with Gasteiger partial charge in [0.25, 0.3) is 0 Å². The number of aromatic nitrogens is 12. The van der Waals surface area contributed by atoms with Crippen molar-refractivity contribution in [2.75, 3.05) is 46.8 Å². The topological polar surface area (TPSA) is 397 Å². The van der Waals surface area contributed by atoms with Gasteiger partial charge >= 0.3 is 6.36 Å². The third-order valence-corrected chi connectivity index (χ3v) is 25.9. The number of carbonyl (C=O) groups excluding carboxylic acids is 6. The van der Waals surface area contributed by atoms with Gasteiger partial charge in [0.1, 0.15) is 115 Å². The van der Waals surface area contributed by atoms with Crippen molar-refractivity contribution < 1.29 is 104 Å². The third kappa shape index (κ3) is 26.1. The summed E-state index contributed by atoms with van der Waals surface area (Å²) >= 11 is 0. The van der Waals surface area contributed by atoms with Crippen molar-refractivity contribution >= 4 is 34.7 Å². The Morgan fingerprint density at radius 2 is 0.657 bits per heavy atom. The van der Waals surface area contributed by atoms with Gasteiger partial charge in [-0.3, -0.25) is 28.8 Å². The highest BCUT2D eigenvalue weighted by Crippen LogP contribution is 2.56. The van der Waals surface area contributed by atoms with E-state index in [4.69, 9.17) is 35.4 Å². The van der Waals surface area contributed by atoms with Crippen molar-refractivity contribution in [2.45, 2.75) is 188 Å². The van der Waals surface area contributed by atoms with E-state index < -0.39 is 97.8 Å². The number of ketones is 6. The van der Waals surface area contributed by atoms with E-state index in [-0.39, 0.29) is 78.0 Å². The maximum Gasteiger partial charge on any atom is 0.573 e. The quantitative estimate of drug-likeness (QED) is 0.0168. The predicted octanol–water partition coefficient (Wildman–Crippen LogP) is 14.9. The second-order valence-electron chi connectivity index (χ2n) is 35.4. The minimum absolute atomic E-state index is 0.0347. The van der Waals surface area contributed by atoms with Crippen LogP contribution < -0.4 is 9.47 Å². The van der Waals surface area contributed by atoms with Crippen LogP contribution in [0, 0.1) is 42.9 Å². The summed E-state index contributed by atoms with van der Waals surface area (Å²) in [7, 11) is 1.68. The number of ether oxygens (including phenoxy) is 2. The zero-order valence-corrected chi connectivity index (χ0v) is 75.5. The number of aliphatic hydroxyl groups is 6. The minimum atomic E-state index is -4.73. The van der Waals surface area contributed by atoms with Crippen LogP contribution in [-0.4, -0.2) is 178 Å². The van der Waals surface area contributed by atoms with E-state index in [1.807, 2.05) is 25.1 Å². The fraction of sp³-hybridized carbons (Fsp3) is 0.359. The number of hydrogen-bond donors (Lipinski definition) is 6. The van der Waals surface area contributed by atoms with Gasteiger partial charge in [0, 0.05) is 157 Å². The first-order valence-electron chi connectivity index (χ1n) is 44.7. The Morgan fingerprint density at radius 1 is 0.314 bits per heavy atom. The molecule has 0 radical (unpaired) electrons. The molecule has 6 aromatic heterocycles. The lowest BCUT2D eigenvalue weighted by atomic mass is 9.67. The first-order chi connectivity index (χ1) is 65.7. The molecule has 34 heteroatoms. The average molecular weight is 1880 g/mol. The molecule has 12 aromatic rings. The molecule has 6 aliphatic carbocycles. The van der Waals surface area contributed by atoms with Gasteiger partial charge < -0.3 is 40.1 Å². The first kappa shape index (κ1) is 101. The van der Waals surface area contributed by atoms with E-state index >= 15 is 0 Å². The van der Waals surface area contributed by atoms with Gasteiger partial charge in [-0.25, -0.2) is 81.8 Å². The van der Waals surface area contributed by atoms with Crippen LogP contribution in [0.3, 0.4) is 0 Å². The van der Waals surface area contributed by atoms with E-state index in [1.165, 1.54) is 165 Å². The lowest BCUT2D eigenvalue weighted by Crippen LogP contribution is -2.32. The second-order valence-corrected chi connectivity index (χ2v) is 35.4. The number of aliphatic hydroxyl groups excluding tert-OH is 6. The summed E-state index contributed by atoms with van der Waals surface area (Å²) in [6.07, 6.45) is 30.1. The zero-order valence-electron chi connectivity index (χ0n) is 75.5. The summed E-state index contributed by atoms with van der Waals surface area (Å²) in [4.78, 5) is 118. The molecule has 0 atom stereocenters. The van der Waals surface area contributed by atoms with Crippen LogP contribution in [0.15, 0.2) is 202 Å². The van der Waals surface area contributed by atoms with Crippen LogP contribution in [0.4, 0.5) is 35.1 Å². The van der Waals surface area contributed by atoms with Crippen molar-refractivity contribution in [1.29, 1.82) is 0 Å². The summed E-state index contributed by atoms with van der Waals surface area (Å²) < 4.78 is 115. The molecule has 714 valence electrons. The molecule has 6 heterocycles. The molecule has 6 saturated carbocycles. The average Bonchev–Trinajstić information content (AvgIpc) is 1.47. The van der Waals surface area contributed by atoms with Crippen LogP contribution in [0.25, 0.3) is 0 Å². The monoisotopic (exact) mass is 1880 g/mol. The molecule has 0 spiro atoms. The number of aryl methyl sites for hydroxylation is 2. The summed E-state index contributed by atoms with van der Waals surface area (Å²) in [5, 5.41) is 52.9. The third-order valence-electron chi connectivity index (χ3n) is 25.9. The number of hydrogen-bond acceptors (Lipinski definition) is 26. The zero-order chi connectivity index (χ0) is 97.9. The Hall–Kier alpha value is -13.4. The molecule has 0 bridgehead atoms. The highest BCUT2D eigenvalue weighted by atomic mass is 19.4. The van der Waals surface area contributed by atoms with E-state index in [1.54, 1.807) is 19.2 Å². The molecule has 6 N–H and O–H groups in total. The maximum atomic E-state index is 14.1. The number of alkyl halides is 3. The fourth-order valence-electron chi connectivity index (χ4n) is 17.3. The number of carbonyl (C=O) groups is 6. The number of halogens is 8. The summed E-state index contributed by atoms with van der Waals surface area (Å²) in [5.41, 5.74) is 7.42. The van der Waals surface area contributed by atoms with Crippen molar-refractivity contribution in [3.8, 4) is 11.5 Å². The molecule has 6 aliphatic rings. The van der Waals surface area contributed by atoms with E-state index in [0.29, 0.717) is 78.5 Å². The molecule has 6 fully saturated rings. The van der Waals surface area contributed by atoms with Crippen LogP contribution in [0.2, 0.25) is 0 Å².